The molecule has 1 aliphatic rings. The van der Waals surface area contributed by atoms with Crippen molar-refractivity contribution in [3.8, 4) is 11.5 Å². The first-order valence-electron chi connectivity index (χ1n) is 8.14. The molecule has 0 aliphatic carbocycles. The predicted octanol–water partition coefficient (Wildman–Crippen LogP) is 1.95. The minimum atomic E-state index is -0.225. The zero-order valence-electron chi connectivity index (χ0n) is 14.0. The Morgan fingerprint density at radius 2 is 2.08 bits per heavy atom. The van der Waals surface area contributed by atoms with Gasteiger partial charge in [-0.25, -0.2) is 0 Å². The third-order valence-corrected chi connectivity index (χ3v) is 4.24. The summed E-state index contributed by atoms with van der Waals surface area (Å²) < 4.78 is 12.6. The van der Waals surface area contributed by atoms with Gasteiger partial charge in [-0.2, -0.15) is 0 Å². The Morgan fingerprint density at radius 3 is 2.88 bits per heavy atom. The molecule has 24 heavy (non-hydrogen) atoms. The molecule has 0 spiro atoms. The Hall–Kier alpha value is -2.57. The largest absolute Gasteiger partial charge is 0.497 e. The quantitative estimate of drug-likeness (QED) is 0.906. The monoisotopic (exact) mass is 330 g/mol. The van der Waals surface area contributed by atoms with Gasteiger partial charge in [-0.1, -0.05) is 6.42 Å². The van der Waals surface area contributed by atoms with Crippen LogP contribution in [0.15, 0.2) is 18.2 Å². The Kier molecular flexibility index (Phi) is 4.98. The molecule has 1 N–H and O–H groups in total. The molecule has 1 amide bonds. The van der Waals surface area contributed by atoms with Crippen molar-refractivity contribution in [1.82, 2.24) is 20.1 Å². The third kappa shape index (κ3) is 3.34. The SMILES string of the molecule is COc1ccc(OC)c(C(=O)NCc2nnc3n2CCCCC3)c1. The van der Waals surface area contributed by atoms with Crippen LogP contribution in [-0.4, -0.2) is 34.9 Å². The van der Waals surface area contributed by atoms with Crippen molar-refractivity contribution in [3.63, 3.8) is 0 Å². The van der Waals surface area contributed by atoms with Crippen LogP contribution in [0.2, 0.25) is 0 Å². The van der Waals surface area contributed by atoms with E-state index in [0.717, 1.165) is 37.5 Å². The fourth-order valence-corrected chi connectivity index (χ4v) is 2.92. The first-order valence-corrected chi connectivity index (χ1v) is 8.14. The second kappa shape index (κ2) is 7.33. The van der Waals surface area contributed by atoms with E-state index in [0.29, 0.717) is 23.6 Å². The van der Waals surface area contributed by atoms with E-state index < -0.39 is 0 Å². The second-order valence-electron chi connectivity index (χ2n) is 5.74. The van der Waals surface area contributed by atoms with Crippen LogP contribution < -0.4 is 14.8 Å². The summed E-state index contributed by atoms with van der Waals surface area (Å²) in [7, 11) is 3.10. The van der Waals surface area contributed by atoms with Crippen LogP contribution >= 0.6 is 0 Å². The van der Waals surface area contributed by atoms with Crippen molar-refractivity contribution in [2.45, 2.75) is 38.8 Å². The molecule has 2 heterocycles. The topological polar surface area (TPSA) is 78.3 Å². The van der Waals surface area contributed by atoms with Crippen molar-refractivity contribution >= 4 is 5.91 Å². The lowest BCUT2D eigenvalue weighted by Gasteiger charge is -2.11. The zero-order chi connectivity index (χ0) is 16.9. The number of ether oxygens (including phenoxy) is 2. The lowest BCUT2D eigenvalue weighted by Crippen LogP contribution is -2.25. The van der Waals surface area contributed by atoms with Crippen LogP contribution in [0, 0.1) is 0 Å². The number of carbonyl (C=O) groups excluding carboxylic acids is 1. The number of benzene rings is 1. The van der Waals surface area contributed by atoms with Gasteiger partial charge in [-0.15, -0.1) is 10.2 Å². The first kappa shape index (κ1) is 16.3. The van der Waals surface area contributed by atoms with E-state index in [1.54, 1.807) is 25.3 Å². The molecule has 0 fully saturated rings. The Labute approximate surface area is 141 Å². The number of aromatic nitrogens is 3. The van der Waals surface area contributed by atoms with E-state index in [1.807, 2.05) is 0 Å². The zero-order valence-corrected chi connectivity index (χ0v) is 14.0. The lowest BCUT2D eigenvalue weighted by atomic mass is 10.1. The number of hydrogen-bond donors (Lipinski definition) is 1. The van der Waals surface area contributed by atoms with Crippen LogP contribution in [0.5, 0.6) is 11.5 Å². The smallest absolute Gasteiger partial charge is 0.255 e. The second-order valence-corrected chi connectivity index (χ2v) is 5.74. The van der Waals surface area contributed by atoms with E-state index in [4.69, 9.17) is 9.47 Å². The molecule has 1 aromatic carbocycles. The highest BCUT2D eigenvalue weighted by Gasteiger charge is 2.17. The molecular formula is C17H22N4O3. The van der Waals surface area contributed by atoms with Crippen LogP contribution in [0.1, 0.15) is 41.3 Å². The van der Waals surface area contributed by atoms with E-state index in [-0.39, 0.29) is 5.91 Å². The molecule has 0 saturated heterocycles. The van der Waals surface area contributed by atoms with Gasteiger partial charge < -0.3 is 19.4 Å². The van der Waals surface area contributed by atoms with Crippen LogP contribution in [0.4, 0.5) is 0 Å². The Balaban J connectivity index is 1.73. The molecule has 0 unspecified atom stereocenters. The average molecular weight is 330 g/mol. The number of nitrogens with zero attached hydrogens (tertiary/aromatic N) is 3. The summed E-state index contributed by atoms with van der Waals surface area (Å²) in [6.45, 7) is 1.25. The number of amides is 1. The predicted molar refractivity (Wildman–Crippen MR) is 88.3 cm³/mol. The van der Waals surface area contributed by atoms with Gasteiger partial charge >= 0.3 is 0 Å². The maximum absolute atomic E-state index is 12.5. The molecule has 1 aliphatic heterocycles. The van der Waals surface area contributed by atoms with Gasteiger partial charge in [0.2, 0.25) is 0 Å². The molecule has 0 radical (unpaired) electrons. The number of hydrogen-bond acceptors (Lipinski definition) is 5. The highest BCUT2D eigenvalue weighted by molar-refractivity contribution is 5.97. The molecule has 7 nitrogen and oxygen atoms in total. The number of rotatable bonds is 5. The standard InChI is InChI=1S/C17H22N4O3/c1-23-12-7-8-14(24-2)13(10-12)17(22)18-11-16-20-19-15-6-4-3-5-9-21(15)16/h7-8,10H,3-6,9,11H2,1-2H3,(H,18,22). The molecule has 3 rings (SSSR count). The summed E-state index contributed by atoms with van der Waals surface area (Å²) in [4.78, 5) is 12.5. The van der Waals surface area contributed by atoms with Crippen molar-refractivity contribution < 1.29 is 14.3 Å². The van der Waals surface area contributed by atoms with Crippen LogP contribution in [0.3, 0.4) is 0 Å². The maximum atomic E-state index is 12.5. The maximum Gasteiger partial charge on any atom is 0.255 e. The van der Waals surface area contributed by atoms with Gasteiger partial charge in [0, 0.05) is 13.0 Å². The Bertz CT molecular complexity index is 727. The van der Waals surface area contributed by atoms with Crippen molar-refractivity contribution in [2.75, 3.05) is 14.2 Å². The summed E-state index contributed by atoms with van der Waals surface area (Å²) in [6, 6.07) is 5.14. The van der Waals surface area contributed by atoms with Gasteiger partial charge in [-0.05, 0) is 31.0 Å². The van der Waals surface area contributed by atoms with Crippen LogP contribution in [0.25, 0.3) is 0 Å². The number of methoxy groups -OCH3 is 2. The number of carbonyl (C=O) groups is 1. The van der Waals surface area contributed by atoms with Gasteiger partial charge in [0.15, 0.2) is 5.82 Å². The van der Waals surface area contributed by atoms with Gasteiger partial charge in [0.1, 0.15) is 17.3 Å². The van der Waals surface area contributed by atoms with Gasteiger partial charge in [-0.3, -0.25) is 4.79 Å². The molecule has 0 atom stereocenters. The summed E-state index contributed by atoms with van der Waals surface area (Å²) >= 11 is 0. The van der Waals surface area contributed by atoms with E-state index in [1.165, 1.54) is 13.5 Å². The van der Waals surface area contributed by atoms with Crippen molar-refractivity contribution in [1.29, 1.82) is 0 Å². The number of aryl methyl sites for hydroxylation is 1. The lowest BCUT2D eigenvalue weighted by molar-refractivity contribution is 0.0946. The molecule has 128 valence electrons. The van der Waals surface area contributed by atoms with Gasteiger partial charge in [0.25, 0.3) is 5.91 Å². The Morgan fingerprint density at radius 1 is 1.21 bits per heavy atom. The average Bonchev–Trinajstić information content (AvgIpc) is 2.85. The highest BCUT2D eigenvalue weighted by atomic mass is 16.5. The molecule has 0 saturated carbocycles. The van der Waals surface area contributed by atoms with Crippen molar-refractivity contribution in [2.24, 2.45) is 0 Å². The fraction of sp³-hybridized carbons (Fsp3) is 0.471. The minimum absolute atomic E-state index is 0.225. The number of nitrogens with one attached hydrogen (secondary N) is 1. The molecule has 7 heteroatoms. The molecule has 0 bridgehead atoms. The summed E-state index contributed by atoms with van der Waals surface area (Å²) in [5.41, 5.74) is 0.437. The molecular weight excluding hydrogens is 308 g/mol. The minimum Gasteiger partial charge on any atom is -0.497 e. The van der Waals surface area contributed by atoms with Gasteiger partial charge in [0.05, 0.1) is 26.3 Å². The summed E-state index contributed by atoms with van der Waals surface area (Å²) in [5, 5.41) is 11.4. The van der Waals surface area contributed by atoms with E-state index in [2.05, 4.69) is 20.1 Å². The summed E-state index contributed by atoms with van der Waals surface area (Å²) in [5.74, 6) is 2.69. The molecule has 2 aromatic rings. The van der Waals surface area contributed by atoms with E-state index >= 15 is 0 Å². The first-order chi connectivity index (χ1) is 11.7. The third-order valence-electron chi connectivity index (χ3n) is 4.24. The summed E-state index contributed by atoms with van der Waals surface area (Å²) in [6.07, 6.45) is 4.42. The molecule has 1 aromatic heterocycles. The normalized spacial score (nSPS) is 13.8. The van der Waals surface area contributed by atoms with E-state index in [9.17, 15) is 4.79 Å². The fourth-order valence-electron chi connectivity index (χ4n) is 2.92. The highest BCUT2D eigenvalue weighted by Crippen LogP contribution is 2.24. The van der Waals surface area contributed by atoms with Crippen molar-refractivity contribution in [3.05, 3.63) is 35.4 Å². The number of fused-ring (bicyclic) bond motifs is 1. The van der Waals surface area contributed by atoms with Crippen LogP contribution in [-0.2, 0) is 19.5 Å².